The Hall–Kier alpha value is -2.09. The van der Waals surface area contributed by atoms with Crippen molar-refractivity contribution in [2.75, 3.05) is 5.32 Å². The van der Waals surface area contributed by atoms with Crippen molar-refractivity contribution in [1.82, 2.24) is 0 Å². The van der Waals surface area contributed by atoms with E-state index in [0.717, 1.165) is 31.4 Å². The van der Waals surface area contributed by atoms with Crippen molar-refractivity contribution >= 4 is 11.6 Å². The number of carbonyl (C=O) groups excluding carboxylic acids is 1. The van der Waals surface area contributed by atoms with E-state index < -0.39 is 0 Å². The zero-order valence-corrected chi connectivity index (χ0v) is 13.1. The summed E-state index contributed by atoms with van der Waals surface area (Å²) < 4.78 is 0. The number of nitrogens with one attached hydrogen (secondary N) is 1. The molecule has 2 aromatic rings. The number of benzene rings is 2. The molecule has 1 unspecified atom stereocenters. The van der Waals surface area contributed by atoms with E-state index in [2.05, 4.69) is 42.6 Å². The fourth-order valence-electron chi connectivity index (χ4n) is 3.41. The highest BCUT2D eigenvalue weighted by molar-refractivity contribution is 5.92. The van der Waals surface area contributed by atoms with Crippen LogP contribution in [0.3, 0.4) is 0 Å². The Bertz CT molecular complexity index is 662. The highest BCUT2D eigenvalue weighted by Crippen LogP contribution is 2.35. The molecule has 2 nitrogen and oxygen atoms in total. The summed E-state index contributed by atoms with van der Waals surface area (Å²) in [7, 11) is 0. The van der Waals surface area contributed by atoms with Gasteiger partial charge in [-0.25, -0.2) is 0 Å². The molecule has 0 aromatic heterocycles. The van der Waals surface area contributed by atoms with Crippen molar-refractivity contribution in [2.45, 2.75) is 44.9 Å². The number of hydrogen-bond donors (Lipinski definition) is 1. The lowest BCUT2D eigenvalue weighted by atomic mass is 9.97. The number of anilines is 1. The van der Waals surface area contributed by atoms with Gasteiger partial charge in [0.2, 0.25) is 5.91 Å². The van der Waals surface area contributed by atoms with Gasteiger partial charge in [-0.15, -0.1) is 0 Å². The molecular weight excluding hydrogens is 270 g/mol. The smallest absolute Gasteiger partial charge is 0.224 e. The predicted molar refractivity (Wildman–Crippen MR) is 91.2 cm³/mol. The third-order valence-electron chi connectivity index (χ3n) is 4.50. The Kier molecular flexibility index (Phi) is 4.57. The van der Waals surface area contributed by atoms with Crippen molar-refractivity contribution in [1.29, 1.82) is 0 Å². The van der Waals surface area contributed by atoms with Crippen molar-refractivity contribution in [2.24, 2.45) is 0 Å². The summed E-state index contributed by atoms with van der Waals surface area (Å²) in [5.74, 6) is 0.500. The van der Waals surface area contributed by atoms with Crippen LogP contribution < -0.4 is 5.32 Å². The first-order valence-electron chi connectivity index (χ1n) is 8.23. The van der Waals surface area contributed by atoms with E-state index in [1.807, 2.05) is 18.2 Å². The van der Waals surface area contributed by atoms with Crippen LogP contribution in [0.15, 0.2) is 48.5 Å². The Labute approximate surface area is 132 Å². The van der Waals surface area contributed by atoms with Crippen LogP contribution in [0.1, 0.15) is 48.8 Å². The molecule has 0 spiro atoms. The van der Waals surface area contributed by atoms with Gasteiger partial charge in [-0.1, -0.05) is 55.8 Å². The van der Waals surface area contributed by atoms with E-state index in [-0.39, 0.29) is 5.91 Å². The van der Waals surface area contributed by atoms with Gasteiger partial charge in [0.05, 0.1) is 0 Å². The predicted octanol–water partition coefficient (Wildman–Crippen LogP) is 4.70. The summed E-state index contributed by atoms with van der Waals surface area (Å²) in [6.45, 7) is 2.16. The number of aryl methyl sites for hydroxylation is 2. The topological polar surface area (TPSA) is 29.1 Å². The Morgan fingerprint density at radius 2 is 1.91 bits per heavy atom. The second-order valence-electron chi connectivity index (χ2n) is 6.09. The quantitative estimate of drug-likeness (QED) is 0.850. The lowest BCUT2D eigenvalue weighted by Gasteiger charge is -2.14. The number of hydrogen-bond acceptors (Lipinski definition) is 1. The van der Waals surface area contributed by atoms with Crippen LogP contribution in [0, 0.1) is 0 Å². The molecule has 1 atom stereocenters. The summed E-state index contributed by atoms with van der Waals surface area (Å²) in [6.07, 6.45) is 4.85. The molecule has 0 bridgehead atoms. The van der Waals surface area contributed by atoms with E-state index in [4.69, 9.17) is 0 Å². The minimum Gasteiger partial charge on any atom is -0.326 e. The number of rotatable bonds is 5. The van der Waals surface area contributed by atoms with Crippen LogP contribution in [-0.2, 0) is 17.6 Å². The van der Waals surface area contributed by atoms with E-state index >= 15 is 0 Å². The van der Waals surface area contributed by atoms with Crippen LogP contribution in [0.5, 0.6) is 0 Å². The maximum atomic E-state index is 12.4. The molecule has 1 aliphatic carbocycles. The van der Waals surface area contributed by atoms with Crippen LogP contribution in [0.4, 0.5) is 5.69 Å². The molecule has 1 N–H and O–H groups in total. The average molecular weight is 293 g/mol. The van der Waals surface area contributed by atoms with Gasteiger partial charge >= 0.3 is 0 Å². The van der Waals surface area contributed by atoms with Gasteiger partial charge in [-0.2, -0.15) is 0 Å². The molecule has 1 amide bonds. The van der Waals surface area contributed by atoms with Crippen molar-refractivity contribution < 1.29 is 4.79 Å². The second kappa shape index (κ2) is 6.78. The Morgan fingerprint density at radius 3 is 2.77 bits per heavy atom. The highest BCUT2D eigenvalue weighted by Gasteiger charge is 2.24. The molecule has 0 saturated heterocycles. The van der Waals surface area contributed by atoms with Crippen LogP contribution >= 0.6 is 0 Å². The molecule has 2 heteroatoms. The fourth-order valence-corrected chi connectivity index (χ4v) is 3.41. The molecular formula is C20H23NO. The monoisotopic (exact) mass is 293 g/mol. The maximum Gasteiger partial charge on any atom is 0.224 e. The van der Waals surface area contributed by atoms with Gasteiger partial charge in [0.15, 0.2) is 0 Å². The normalized spacial score (nSPS) is 16.3. The summed E-state index contributed by atoms with van der Waals surface area (Å²) in [5, 5.41) is 3.11. The highest BCUT2D eigenvalue weighted by atomic mass is 16.1. The van der Waals surface area contributed by atoms with E-state index in [9.17, 15) is 4.79 Å². The fraction of sp³-hybridized carbons (Fsp3) is 0.350. The third-order valence-corrected chi connectivity index (χ3v) is 4.50. The standard InChI is InChI=1S/C20H23NO/c1-2-7-16-9-4-6-11-19(16)21-20(22)14-17-13-12-15-8-3-5-10-18(15)17/h3-6,8-11,17H,2,7,12-14H2,1H3,(H,21,22). The first kappa shape index (κ1) is 14.8. The van der Waals surface area contributed by atoms with Crippen molar-refractivity contribution in [3.8, 4) is 0 Å². The van der Waals surface area contributed by atoms with Gasteiger partial charge in [-0.3, -0.25) is 4.79 Å². The van der Waals surface area contributed by atoms with Gasteiger partial charge in [0, 0.05) is 12.1 Å². The molecule has 0 fully saturated rings. The zero-order chi connectivity index (χ0) is 15.4. The number of fused-ring (bicyclic) bond motifs is 1. The van der Waals surface area contributed by atoms with Crippen molar-refractivity contribution in [3.05, 3.63) is 65.2 Å². The molecule has 1 aliphatic rings. The molecule has 0 aliphatic heterocycles. The second-order valence-corrected chi connectivity index (χ2v) is 6.09. The Morgan fingerprint density at radius 1 is 1.14 bits per heavy atom. The molecule has 0 saturated carbocycles. The van der Waals surface area contributed by atoms with Gasteiger partial charge in [0.25, 0.3) is 0 Å². The first-order valence-corrected chi connectivity index (χ1v) is 8.23. The Balaban J connectivity index is 1.67. The van der Waals surface area contributed by atoms with E-state index in [1.165, 1.54) is 16.7 Å². The molecule has 0 heterocycles. The number of para-hydroxylation sites is 1. The summed E-state index contributed by atoms with van der Waals surface area (Å²) in [6, 6.07) is 16.6. The SMILES string of the molecule is CCCc1ccccc1NC(=O)CC1CCc2ccccc21. The van der Waals surface area contributed by atoms with Crippen LogP contribution in [0.2, 0.25) is 0 Å². The van der Waals surface area contributed by atoms with Gasteiger partial charge < -0.3 is 5.32 Å². The lowest BCUT2D eigenvalue weighted by molar-refractivity contribution is -0.116. The van der Waals surface area contributed by atoms with E-state index in [0.29, 0.717) is 12.3 Å². The van der Waals surface area contributed by atoms with Gasteiger partial charge in [0.1, 0.15) is 0 Å². The third kappa shape index (κ3) is 3.22. The van der Waals surface area contributed by atoms with Crippen LogP contribution in [-0.4, -0.2) is 5.91 Å². The molecule has 114 valence electrons. The molecule has 22 heavy (non-hydrogen) atoms. The lowest BCUT2D eigenvalue weighted by Crippen LogP contribution is -2.15. The van der Waals surface area contributed by atoms with Crippen molar-refractivity contribution in [3.63, 3.8) is 0 Å². The first-order chi connectivity index (χ1) is 10.8. The minimum atomic E-state index is 0.130. The van der Waals surface area contributed by atoms with Crippen LogP contribution in [0.25, 0.3) is 0 Å². The van der Waals surface area contributed by atoms with Gasteiger partial charge in [-0.05, 0) is 47.9 Å². The number of carbonyl (C=O) groups is 1. The average Bonchev–Trinajstić information content (AvgIpc) is 2.93. The van der Waals surface area contributed by atoms with E-state index in [1.54, 1.807) is 0 Å². The summed E-state index contributed by atoms with van der Waals surface area (Å²) >= 11 is 0. The number of amides is 1. The molecule has 3 rings (SSSR count). The molecule has 2 aromatic carbocycles. The maximum absolute atomic E-state index is 12.4. The summed E-state index contributed by atoms with van der Waals surface area (Å²) in [4.78, 5) is 12.4. The zero-order valence-electron chi connectivity index (χ0n) is 13.1. The summed E-state index contributed by atoms with van der Waals surface area (Å²) in [5.41, 5.74) is 4.97. The largest absolute Gasteiger partial charge is 0.326 e. The molecule has 0 radical (unpaired) electrons. The minimum absolute atomic E-state index is 0.130.